The zero-order chi connectivity index (χ0) is 15.2. The van der Waals surface area contributed by atoms with Crippen molar-refractivity contribution in [2.75, 3.05) is 18.8 Å². The summed E-state index contributed by atoms with van der Waals surface area (Å²) in [6, 6.07) is -0.522. The van der Waals surface area contributed by atoms with Crippen molar-refractivity contribution >= 4 is 23.5 Å². The zero-order valence-corrected chi connectivity index (χ0v) is 11.5. The van der Waals surface area contributed by atoms with E-state index in [9.17, 15) is 14.4 Å². The van der Waals surface area contributed by atoms with Crippen LogP contribution in [-0.4, -0.2) is 51.2 Å². The summed E-state index contributed by atoms with van der Waals surface area (Å²) < 4.78 is 1.46. The highest BCUT2D eigenvalue weighted by Gasteiger charge is 2.49. The second-order valence-electron chi connectivity index (χ2n) is 5.43. The predicted octanol–water partition coefficient (Wildman–Crippen LogP) is -1.18. The van der Waals surface area contributed by atoms with Crippen LogP contribution in [0.2, 0.25) is 0 Å². The molecule has 21 heavy (non-hydrogen) atoms. The number of aryl methyl sites for hydroxylation is 1. The van der Waals surface area contributed by atoms with Gasteiger partial charge in [-0.2, -0.15) is 5.10 Å². The second-order valence-corrected chi connectivity index (χ2v) is 5.43. The standard InChI is InChI=1S/C12H16N6O3/c1-17-5-7(13)8(16-17)9(19)18-4-2-3-12(6-18)10(20)14-11(21)15-12/h5H,2-4,6,13H2,1H3,(H2,14,15,20,21). The molecule has 1 unspecified atom stereocenters. The molecule has 1 aromatic rings. The van der Waals surface area contributed by atoms with Crippen LogP contribution in [0.5, 0.6) is 0 Å². The van der Waals surface area contributed by atoms with Gasteiger partial charge in [-0.3, -0.25) is 19.6 Å². The van der Waals surface area contributed by atoms with E-state index in [4.69, 9.17) is 5.73 Å². The molecule has 3 heterocycles. The topological polar surface area (TPSA) is 122 Å². The summed E-state index contributed by atoms with van der Waals surface area (Å²) in [6.07, 6.45) is 2.68. The molecule has 9 heteroatoms. The maximum atomic E-state index is 12.5. The molecule has 0 bridgehead atoms. The number of nitrogen functional groups attached to an aromatic ring is 1. The number of hydrogen-bond donors (Lipinski definition) is 3. The normalized spacial score (nSPS) is 25.1. The summed E-state index contributed by atoms with van der Waals surface area (Å²) in [6.45, 7) is 0.624. The van der Waals surface area contributed by atoms with Crippen molar-refractivity contribution in [3.05, 3.63) is 11.9 Å². The number of aromatic nitrogens is 2. The average Bonchev–Trinajstić information content (AvgIpc) is 2.89. The van der Waals surface area contributed by atoms with Crippen LogP contribution in [-0.2, 0) is 11.8 Å². The number of anilines is 1. The van der Waals surface area contributed by atoms with Gasteiger partial charge in [-0.15, -0.1) is 0 Å². The van der Waals surface area contributed by atoms with E-state index in [1.807, 2.05) is 0 Å². The fourth-order valence-electron chi connectivity index (χ4n) is 2.87. The smallest absolute Gasteiger partial charge is 0.322 e. The Bertz CT molecular complexity index is 639. The number of carbonyl (C=O) groups is 3. The zero-order valence-electron chi connectivity index (χ0n) is 11.5. The monoisotopic (exact) mass is 292 g/mol. The number of nitrogens with one attached hydrogen (secondary N) is 2. The van der Waals surface area contributed by atoms with Gasteiger partial charge in [0, 0.05) is 19.8 Å². The molecule has 4 N–H and O–H groups in total. The number of rotatable bonds is 1. The molecule has 2 aliphatic rings. The first kappa shape index (κ1) is 13.4. The summed E-state index contributed by atoms with van der Waals surface area (Å²) in [4.78, 5) is 37.3. The molecule has 3 rings (SSSR count). The van der Waals surface area contributed by atoms with Crippen LogP contribution >= 0.6 is 0 Å². The van der Waals surface area contributed by atoms with Crippen LogP contribution in [0.4, 0.5) is 10.5 Å². The molecule has 0 aliphatic carbocycles. The molecule has 112 valence electrons. The summed E-state index contributed by atoms with van der Waals surface area (Å²) in [5.41, 5.74) is 5.19. The number of urea groups is 1. The van der Waals surface area contributed by atoms with E-state index in [0.29, 0.717) is 25.1 Å². The van der Waals surface area contributed by atoms with E-state index in [1.54, 1.807) is 13.2 Å². The van der Waals surface area contributed by atoms with Crippen molar-refractivity contribution in [1.82, 2.24) is 25.3 Å². The van der Waals surface area contributed by atoms with Gasteiger partial charge in [-0.1, -0.05) is 0 Å². The fraction of sp³-hybridized carbons (Fsp3) is 0.500. The third-order valence-electron chi connectivity index (χ3n) is 3.85. The minimum absolute atomic E-state index is 0.124. The summed E-state index contributed by atoms with van der Waals surface area (Å²) in [7, 11) is 1.68. The molecule has 2 fully saturated rings. The first-order valence-electron chi connectivity index (χ1n) is 6.63. The molecule has 1 spiro atoms. The highest BCUT2D eigenvalue weighted by atomic mass is 16.2. The Balaban J connectivity index is 1.83. The highest BCUT2D eigenvalue weighted by molar-refractivity contribution is 6.08. The molecule has 1 atom stereocenters. The average molecular weight is 292 g/mol. The second kappa shape index (κ2) is 4.47. The lowest BCUT2D eigenvalue weighted by molar-refractivity contribution is -0.125. The van der Waals surface area contributed by atoms with Crippen molar-refractivity contribution in [3.63, 3.8) is 0 Å². The van der Waals surface area contributed by atoms with E-state index < -0.39 is 11.6 Å². The Morgan fingerprint density at radius 3 is 2.81 bits per heavy atom. The lowest BCUT2D eigenvalue weighted by Crippen LogP contribution is -2.59. The molecule has 4 amide bonds. The largest absolute Gasteiger partial charge is 0.396 e. The number of amides is 4. The van der Waals surface area contributed by atoms with Crippen LogP contribution in [0.15, 0.2) is 6.20 Å². The van der Waals surface area contributed by atoms with Crippen molar-refractivity contribution in [3.8, 4) is 0 Å². The lowest BCUT2D eigenvalue weighted by atomic mass is 9.89. The number of nitrogens with zero attached hydrogens (tertiary/aromatic N) is 3. The van der Waals surface area contributed by atoms with Gasteiger partial charge in [-0.05, 0) is 12.8 Å². The minimum Gasteiger partial charge on any atom is -0.396 e. The Hall–Kier alpha value is -2.58. The van der Waals surface area contributed by atoms with Gasteiger partial charge in [0.05, 0.1) is 12.2 Å². The van der Waals surface area contributed by atoms with Crippen molar-refractivity contribution in [2.24, 2.45) is 7.05 Å². The maximum absolute atomic E-state index is 12.5. The molecule has 9 nitrogen and oxygen atoms in total. The van der Waals surface area contributed by atoms with Gasteiger partial charge in [0.25, 0.3) is 11.8 Å². The molecule has 0 saturated carbocycles. The molecular weight excluding hydrogens is 276 g/mol. The van der Waals surface area contributed by atoms with Crippen LogP contribution in [0.3, 0.4) is 0 Å². The van der Waals surface area contributed by atoms with Crippen LogP contribution < -0.4 is 16.4 Å². The molecule has 1 aromatic heterocycles. The van der Waals surface area contributed by atoms with E-state index >= 15 is 0 Å². The summed E-state index contributed by atoms with van der Waals surface area (Å²) in [5, 5.41) is 8.89. The highest BCUT2D eigenvalue weighted by Crippen LogP contribution is 2.26. The first-order valence-corrected chi connectivity index (χ1v) is 6.63. The summed E-state index contributed by atoms with van der Waals surface area (Å²) >= 11 is 0. The van der Waals surface area contributed by atoms with Crippen molar-refractivity contribution in [1.29, 1.82) is 0 Å². The number of hydrogen-bond acceptors (Lipinski definition) is 5. The Labute approximate surface area is 120 Å². The summed E-state index contributed by atoms with van der Waals surface area (Å²) in [5.74, 6) is -0.722. The predicted molar refractivity (Wildman–Crippen MR) is 72.2 cm³/mol. The van der Waals surface area contributed by atoms with Crippen LogP contribution in [0.1, 0.15) is 23.3 Å². The molecular formula is C12H16N6O3. The van der Waals surface area contributed by atoms with Gasteiger partial charge >= 0.3 is 6.03 Å². The number of carbonyl (C=O) groups excluding carboxylic acids is 3. The molecule has 0 aromatic carbocycles. The maximum Gasteiger partial charge on any atom is 0.322 e. The molecule has 0 radical (unpaired) electrons. The third kappa shape index (κ3) is 2.10. The first-order chi connectivity index (χ1) is 9.91. The quantitative estimate of drug-likeness (QED) is 0.562. The minimum atomic E-state index is -1.03. The molecule has 2 aliphatic heterocycles. The van der Waals surface area contributed by atoms with Gasteiger partial charge in [0.2, 0.25) is 0 Å². The Kier molecular flexibility index (Phi) is 2.85. The van der Waals surface area contributed by atoms with E-state index in [0.717, 1.165) is 0 Å². The Morgan fingerprint density at radius 1 is 1.48 bits per heavy atom. The van der Waals surface area contributed by atoms with E-state index in [-0.39, 0.29) is 24.1 Å². The van der Waals surface area contributed by atoms with Gasteiger partial charge in [0.1, 0.15) is 5.54 Å². The lowest BCUT2D eigenvalue weighted by Gasteiger charge is -2.37. The molecule has 2 saturated heterocycles. The van der Waals surface area contributed by atoms with Crippen LogP contribution in [0.25, 0.3) is 0 Å². The van der Waals surface area contributed by atoms with E-state index in [2.05, 4.69) is 15.7 Å². The third-order valence-corrected chi connectivity index (χ3v) is 3.85. The van der Waals surface area contributed by atoms with Crippen molar-refractivity contribution in [2.45, 2.75) is 18.4 Å². The number of piperidine rings is 1. The Morgan fingerprint density at radius 2 is 2.24 bits per heavy atom. The fourth-order valence-corrected chi connectivity index (χ4v) is 2.87. The number of imide groups is 1. The van der Waals surface area contributed by atoms with Crippen LogP contribution in [0, 0.1) is 0 Å². The van der Waals surface area contributed by atoms with Gasteiger partial charge in [0.15, 0.2) is 5.69 Å². The number of nitrogens with two attached hydrogens (primary N) is 1. The van der Waals surface area contributed by atoms with E-state index in [1.165, 1.54) is 9.58 Å². The SMILES string of the molecule is Cn1cc(N)c(C(=O)N2CCCC3(C2)NC(=O)NC3=O)n1. The van der Waals surface area contributed by atoms with Gasteiger partial charge < -0.3 is 16.0 Å². The number of likely N-dealkylation sites (tertiary alicyclic amines) is 1. The van der Waals surface area contributed by atoms with Gasteiger partial charge in [-0.25, -0.2) is 4.79 Å². The van der Waals surface area contributed by atoms with Crippen molar-refractivity contribution < 1.29 is 14.4 Å².